The summed E-state index contributed by atoms with van der Waals surface area (Å²) < 4.78 is 5.65. The van der Waals surface area contributed by atoms with E-state index in [2.05, 4.69) is 5.32 Å². The van der Waals surface area contributed by atoms with Crippen molar-refractivity contribution in [2.24, 2.45) is 0 Å². The Kier molecular flexibility index (Phi) is 9.00. The molecule has 0 fully saturated rings. The van der Waals surface area contributed by atoms with Gasteiger partial charge in [0.05, 0.1) is 0 Å². The molecule has 2 aromatic rings. The number of aryl methyl sites for hydroxylation is 1. The molecule has 0 saturated heterocycles. The van der Waals surface area contributed by atoms with Crippen LogP contribution in [0.2, 0.25) is 5.02 Å². The smallest absolute Gasteiger partial charge is 0.261 e. The van der Waals surface area contributed by atoms with Gasteiger partial charge in [-0.1, -0.05) is 55.8 Å². The Labute approximate surface area is 178 Å². The van der Waals surface area contributed by atoms with Gasteiger partial charge in [-0.2, -0.15) is 0 Å². The highest BCUT2D eigenvalue weighted by atomic mass is 35.5. The first-order chi connectivity index (χ1) is 14.0. The number of carbonyl (C=O) groups excluding carboxylic acids is 2. The van der Waals surface area contributed by atoms with E-state index in [0.29, 0.717) is 30.3 Å². The second-order valence-electron chi connectivity index (χ2n) is 6.91. The SMILES string of the molecule is CCCNC(=O)C(CC)N(Cc1ccccc1C)C(=O)COc1cccc(Cl)c1. The highest BCUT2D eigenvalue weighted by Crippen LogP contribution is 2.19. The number of amides is 2. The largest absolute Gasteiger partial charge is 0.484 e. The molecule has 0 saturated carbocycles. The maximum Gasteiger partial charge on any atom is 0.261 e. The summed E-state index contributed by atoms with van der Waals surface area (Å²) in [6.45, 7) is 6.67. The van der Waals surface area contributed by atoms with Gasteiger partial charge in [0.1, 0.15) is 11.8 Å². The van der Waals surface area contributed by atoms with Crippen LogP contribution >= 0.6 is 11.6 Å². The summed E-state index contributed by atoms with van der Waals surface area (Å²) in [6, 6.07) is 14.2. The predicted octanol–water partition coefficient (Wildman–Crippen LogP) is 4.36. The van der Waals surface area contributed by atoms with E-state index in [1.165, 1.54) is 0 Å². The highest BCUT2D eigenvalue weighted by Gasteiger charge is 2.29. The zero-order valence-corrected chi connectivity index (χ0v) is 18.0. The van der Waals surface area contributed by atoms with Crippen LogP contribution in [0.15, 0.2) is 48.5 Å². The third-order valence-electron chi connectivity index (χ3n) is 4.70. The molecule has 0 aliphatic carbocycles. The number of halogens is 1. The van der Waals surface area contributed by atoms with E-state index in [1.807, 2.05) is 45.0 Å². The number of ether oxygens (including phenoxy) is 1. The number of hydrogen-bond donors (Lipinski definition) is 1. The van der Waals surface area contributed by atoms with Crippen molar-refractivity contribution in [1.82, 2.24) is 10.2 Å². The molecule has 2 rings (SSSR count). The zero-order valence-electron chi connectivity index (χ0n) is 17.3. The lowest BCUT2D eigenvalue weighted by molar-refractivity contribution is -0.143. The van der Waals surface area contributed by atoms with Crippen molar-refractivity contribution in [3.8, 4) is 5.75 Å². The molecule has 29 heavy (non-hydrogen) atoms. The van der Waals surface area contributed by atoms with Gasteiger partial charge in [0.15, 0.2) is 6.61 Å². The molecule has 0 heterocycles. The molecular weight excluding hydrogens is 388 g/mol. The third-order valence-corrected chi connectivity index (χ3v) is 4.93. The lowest BCUT2D eigenvalue weighted by Gasteiger charge is -2.31. The minimum absolute atomic E-state index is 0.140. The molecule has 0 aromatic heterocycles. The first kappa shape index (κ1) is 22.8. The molecule has 5 nitrogen and oxygen atoms in total. The number of benzene rings is 2. The van der Waals surface area contributed by atoms with Crippen molar-refractivity contribution in [3.05, 3.63) is 64.7 Å². The molecule has 2 amide bonds. The fourth-order valence-electron chi connectivity index (χ4n) is 3.04. The van der Waals surface area contributed by atoms with Gasteiger partial charge in [-0.15, -0.1) is 0 Å². The van der Waals surface area contributed by atoms with Crippen LogP contribution in [0.5, 0.6) is 5.75 Å². The van der Waals surface area contributed by atoms with Gasteiger partial charge in [-0.05, 0) is 49.1 Å². The monoisotopic (exact) mass is 416 g/mol. The molecule has 0 bridgehead atoms. The molecule has 0 aliphatic heterocycles. The average Bonchev–Trinajstić information content (AvgIpc) is 2.71. The molecular formula is C23H29ClN2O3. The summed E-state index contributed by atoms with van der Waals surface area (Å²) in [7, 11) is 0. The number of rotatable bonds is 10. The average molecular weight is 417 g/mol. The van der Waals surface area contributed by atoms with Crippen LogP contribution in [0.25, 0.3) is 0 Å². The number of hydrogen-bond acceptors (Lipinski definition) is 3. The maximum absolute atomic E-state index is 13.1. The maximum atomic E-state index is 13.1. The standard InChI is InChI=1S/C23H29ClN2O3/c1-4-13-25-23(28)21(5-2)26(15-18-10-7-6-9-17(18)3)22(27)16-29-20-12-8-11-19(24)14-20/h6-12,14,21H,4-5,13,15-16H2,1-3H3,(H,25,28). The Morgan fingerprint density at radius 2 is 1.90 bits per heavy atom. The Hall–Kier alpha value is -2.53. The van der Waals surface area contributed by atoms with Gasteiger partial charge in [-0.25, -0.2) is 0 Å². The third kappa shape index (κ3) is 6.79. The molecule has 1 N–H and O–H groups in total. The number of nitrogens with one attached hydrogen (secondary N) is 1. The second-order valence-corrected chi connectivity index (χ2v) is 7.35. The van der Waals surface area contributed by atoms with Crippen LogP contribution in [0.4, 0.5) is 0 Å². The Morgan fingerprint density at radius 3 is 2.55 bits per heavy atom. The Morgan fingerprint density at radius 1 is 1.14 bits per heavy atom. The van der Waals surface area contributed by atoms with E-state index in [9.17, 15) is 9.59 Å². The normalized spacial score (nSPS) is 11.6. The number of carbonyl (C=O) groups is 2. The van der Waals surface area contributed by atoms with Crippen molar-refractivity contribution in [1.29, 1.82) is 0 Å². The topological polar surface area (TPSA) is 58.6 Å². The van der Waals surface area contributed by atoms with Crippen molar-refractivity contribution >= 4 is 23.4 Å². The van der Waals surface area contributed by atoms with E-state index in [0.717, 1.165) is 17.5 Å². The van der Waals surface area contributed by atoms with Crippen LogP contribution in [0.3, 0.4) is 0 Å². The molecule has 156 valence electrons. The van der Waals surface area contributed by atoms with E-state index < -0.39 is 6.04 Å². The zero-order chi connectivity index (χ0) is 21.2. The van der Waals surface area contributed by atoms with E-state index >= 15 is 0 Å². The van der Waals surface area contributed by atoms with Gasteiger partial charge >= 0.3 is 0 Å². The summed E-state index contributed by atoms with van der Waals surface area (Å²) >= 11 is 5.98. The molecule has 0 spiro atoms. The van der Waals surface area contributed by atoms with E-state index in [-0.39, 0.29) is 18.4 Å². The van der Waals surface area contributed by atoms with Crippen molar-refractivity contribution in [2.75, 3.05) is 13.2 Å². The summed E-state index contributed by atoms with van der Waals surface area (Å²) in [5.41, 5.74) is 2.08. The van der Waals surface area contributed by atoms with Crippen LogP contribution in [0.1, 0.15) is 37.8 Å². The van der Waals surface area contributed by atoms with Crippen molar-refractivity contribution in [2.45, 2.75) is 46.2 Å². The van der Waals surface area contributed by atoms with Gasteiger partial charge in [-0.3, -0.25) is 9.59 Å². The van der Waals surface area contributed by atoms with Gasteiger partial charge in [0.2, 0.25) is 5.91 Å². The lowest BCUT2D eigenvalue weighted by Crippen LogP contribution is -2.50. The summed E-state index contributed by atoms with van der Waals surface area (Å²) in [5.74, 6) is 0.135. The van der Waals surface area contributed by atoms with Crippen LogP contribution in [0, 0.1) is 6.92 Å². The fourth-order valence-corrected chi connectivity index (χ4v) is 3.22. The summed E-state index contributed by atoms with van der Waals surface area (Å²) in [5, 5.41) is 3.45. The van der Waals surface area contributed by atoms with Crippen LogP contribution in [-0.2, 0) is 16.1 Å². The molecule has 6 heteroatoms. The molecule has 1 unspecified atom stereocenters. The second kappa shape index (κ2) is 11.5. The van der Waals surface area contributed by atoms with E-state index in [4.69, 9.17) is 16.3 Å². The first-order valence-electron chi connectivity index (χ1n) is 9.96. The Balaban J connectivity index is 2.20. The molecule has 1 atom stereocenters. The fraction of sp³-hybridized carbons (Fsp3) is 0.391. The molecule has 2 aromatic carbocycles. The van der Waals surface area contributed by atoms with Crippen LogP contribution in [-0.4, -0.2) is 35.9 Å². The van der Waals surface area contributed by atoms with Gasteiger partial charge in [0, 0.05) is 18.1 Å². The van der Waals surface area contributed by atoms with Crippen molar-refractivity contribution < 1.29 is 14.3 Å². The minimum atomic E-state index is -0.559. The molecule has 0 radical (unpaired) electrons. The molecule has 0 aliphatic rings. The van der Waals surface area contributed by atoms with Crippen molar-refractivity contribution in [3.63, 3.8) is 0 Å². The lowest BCUT2D eigenvalue weighted by atomic mass is 10.1. The van der Waals surface area contributed by atoms with Gasteiger partial charge < -0.3 is 15.0 Å². The Bertz CT molecular complexity index is 825. The minimum Gasteiger partial charge on any atom is -0.484 e. The number of nitrogens with zero attached hydrogens (tertiary/aromatic N) is 1. The van der Waals surface area contributed by atoms with Gasteiger partial charge in [0.25, 0.3) is 5.91 Å². The summed E-state index contributed by atoms with van der Waals surface area (Å²) in [4.78, 5) is 27.4. The highest BCUT2D eigenvalue weighted by molar-refractivity contribution is 6.30. The predicted molar refractivity (Wildman–Crippen MR) is 116 cm³/mol. The van der Waals surface area contributed by atoms with Crippen LogP contribution < -0.4 is 10.1 Å². The van der Waals surface area contributed by atoms with E-state index in [1.54, 1.807) is 29.2 Å². The quantitative estimate of drug-likeness (QED) is 0.626. The summed E-state index contributed by atoms with van der Waals surface area (Å²) in [6.07, 6.45) is 1.36. The first-order valence-corrected chi connectivity index (χ1v) is 10.3.